The van der Waals surface area contributed by atoms with E-state index in [1.54, 1.807) is 19.3 Å². The number of aryl methyl sites for hydroxylation is 1. The van der Waals surface area contributed by atoms with E-state index in [2.05, 4.69) is 35.6 Å². The first-order valence-electron chi connectivity index (χ1n) is 13.3. The number of anilines is 1. The van der Waals surface area contributed by atoms with Gasteiger partial charge in [-0.15, -0.1) is 0 Å². The number of ether oxygens (including phenoxy) is 2. The molecule has 0 spiro atoms. The third kappa shape index (κ3) is 7.40. The lowest BCUT2D eigenvalue weighted by molar-refractivity contribution is -0.160. The molecule has 2 aromatic heterocycles. The molecule has 0 saturated carbocycles. The van der Waals surface area contributed by atoms with Gasteiger partial charge < -0.3 is 19.5 Å². The minimum Gasteiger partial charge on any atom is -0.479 e. The quantitative estimate of drug-likeness (QED) is 0.351. The topological polar surface area (TPSA) is 84.8 Å². The Balaban J connectivity index is 2.12. The molecule has 3 rings (SSSR count). The van der Waals surface area contributed by atoms with Gasteiger partial charge in [0.15, 0.2) is 11.9 Å². The summed E-state index contributed by atoms with van der Waals surface area (Å²) in [6, 6.07) is 1.40. The molecule has 0 aromatic carbocycles. The number of halogens is 1. The van der Waals surface area contributed by atoms with Gasteiger partial charge in [0, 0.05) is 47.9 Å². The van der Waals surface area contributed by atoms with Crippen LogP contribution in [0.4, 0.5) is 10.1 Å². The maximum Gasteiger partial charge on any atom is 0.337 e. The van der Waals surface area contributed by atoms with E-state index in [0.29, 0.717) is 29.0 Å². The van der Waals surface area contributed by atoms with Crippen LogP contribution in [-0.2, 0) is 9.53 Å². The van der Waals surface area contributed by atoms with E-state index in [0.717, 1.165) is 50.9 Å². The van der Waals surface area contributed by atoms with E-state index in [4.69, 9.17) is 9.47 Å². The van der Waals surface area contributed by atoms with E-state index >= 15 is 4.39 Å². The second kappa shape index (κ2) is 11.8. The molecule has 1 fully saturated rings. The number of carboxylic acids is 1. The Labute approximate surface area is 220 Å². The first kappa shape index (κ1) is 28.8. The number of carboxylic acid groups (broad SMARTS) is 1. The first-order valence-corrected chi connectivity index (χ1v) is 13.3. The summed E-state index contributed by atoms with van der Waals surface area (Å²) in [6.07, 6.45) is 6.82. The van der Waals surface area contributed by atoms with Crippen molar-refractivity contribution < 1.29 is 23.8 Å². The minimum absolute atomic E-state index is 0.0269. The minimum atomic E-state index is -1.23. The molecule has 37 heavy (non-hydrogen) atoms. The van der Waals surface area contributed by atoms with Gasteiger partial charge >= 0.3 is 5.97 Å². The van der Waals surface area contributed by atoms with Gasteiger partial charge in [-0.1, -0.05) is 33.6 Å². The summed E-state index contributed by atoms with van der Waals surface area (Å²) in [5.74, 6) is -1.67. The Morgan fingerprint density at radius 3 is 2.43 bits per heavy atom. The molecule has 8 heteroatoms. The Kier molecular flexibility index (Phi) is 9.16. The zero-order chi connectivity index (χ0) is 27.4. The second-order valence-corrected chi connectivity index (χ2v) is 11.7. The van der Waals surface area contributed by atoms with Crippen molar-refractivity contribution in [3.8, 4) is 17.0 Å². The summed E-state index contributed by atoms with van der Waals surface area (Å²) < 4.78 is 26.7. The van der Waals surface area contributed by atoms with E-state index < -0.39 is 23.5 Å². The molecule has 2 aromatic rings. The lowest BCUT2D eigenvalue weighted by Gasteiger charge is -2.40. The number of piperidine rings is 1. The molecular weight excluding hydrogens is 473 g/mol. The van der Waals surface area contributed by atoms with Crippen molar-refractivity contribution in [2.75, 3.05) is 24.6 Å². The van der Waals surface area contributed by atoms with Crippen LogP contribution >= 0.6 is 0 Å². The zero-order valence-electron chi connectivity index (χ0n) is 23.4. The summed E-state index contributed by atoms with van der Waals surface area (Å²) in [5.41, 5.74) is 2.44. The number of rotatable bonds is 10. The SMILES string of the molecule is CCCCCOc1ncc(-c2cnc(C)c([C@H](OC(C)(C)C)C(=O)O)c2N2CCC(C)(C)CC2)cc1F. The molecule has 1 N–H and O–H groups in total. The van der Waals surface area contributed by atoms with Gasteiger partial charge in [-0.3, -0.25) is 4.98 Å². The average Bonchev–Trinajstić information content (AvgIpc) is 2.80. The van der Waals surface area contributed by atoms with Gasteiger partial charge in [-0.05, 0) is 58.4 Å². The molecule has 1 atom stereocenters. The summed E-state index contributed by atoms with van der Waals surface area (Å²) in [5, 5.41) is 10.2. The van der Waals surface area contributed by atoms with Gasteiger partial charge in [0.1, 0.15) is 0 Å². The van der Waals surface area contributed by atoms with Crippen molar-refractivity contribution in [3.05, 3.63) is 35.5 Å². The standard InChI is InChI=1S/C29H42FN3O4/c1-8-9-10-15-36-26-22(30)16-20(17-32-26)21-18-31-19(2)23(25(27(34)35)37-28(3,4)5)24(21)33-13-11-29(6,7)12-14-33/h16-18,25H,8-15H2,1-7H3,(H,34,35)/t25-/m0/s1. The Hall–Kier alpha value is -2.74. The number of unbranched alkanes of at least 4 members (excludes halogenated alkanes) is 2. The molecule has 7 nitrogen and oxygen atoms in total. The maximum absolute atomic E-state index is 15.1. The summed E-state index contributed by atoms with van der Waals surface area (Å²) in [4.78, 5) is 23.5. The highest BCUT2D eigenvalue weighted by atomic mass is 19.1. The molecule has 0 amide bonds. The highest BCUT2D eigenvalue weighted by Crippen LogP contribution is 2.43. The summed E-state index contributed by atoms with van der Waals surface area (Å²) in [7, 11) is 0. The lowest BCUT2D eigenvalue weighted by atomic mass is 9.82. The average molecular weight is 516 g/mol. The molecule has 1 aliphatic rings. The fourth-order valence-corrected chi connectivity index (χ4v) is 4.60. The van der Waals surface area contributed by atoms with Crippen molar-refractivity contribution in [2.45, 2.75) is 92.3 Å². The number of aliphatic carboxylic acids is 1. The van der Waals surface area contributed by atoms with Crippen molar-refractivity contribution in [1.29, 1.82) is 0 Å². The number of aromatic nitrogens is 2. The molecule has 0 bridgehead atoms. The Morgan fingerprint density at radius 1 is 1.19 bits per heavy atom. The van der Waals surface area contributed by atoms with E-state index in [1.807, 2.05) is 20.8 Å². The first-order chi connectivity index (χ1) is 17.3. The van der Waals surface area contributed by atoms with Gasteiger partial charge in [-0.25, -0.2) is 14.2 Å². The summed E-state index contributed by atoms with van der Waals surface area (Å²) in [6.45, 7) is 15.8. The molecule has 0 radical (unpaired) electrons. The molecule has 3 heterocycles. The molecular formula is C29H42FN3O4. The predicted molar refractivity (Wildman–Crippen MR) is 144 cm³/mol. The van der Waals surface area contributed by atoms with Crippen LogP contribution in [-0.4, -0.2) is 46.3 Å². The van der Waals surface area contributed by atoms with Crippen molar-refractivity contribution in [1.82, 2.24) is 9.97 Å². The Morgan fingerprint density at radius 2 is 1.86 bits per heavy atom. The Bertz CT molecular complexity index is 1090. The third-order valence-corrected chi connectivity index (χ3v) is 6.78. The highest BCUT2D eigenvalue weighted by Gasteiger charge is 2.36. The van der Waals surface area contributed by atoms with Crippen LogP contribution in [0.15, 0.2) is 18.5 Å². The highest BCUT2D eigenvalue weighted by molar-refractivity contribution is 5.86. The van der Waals surface area contributed by atoms with Crippen LogP contribution in [0.1, 0.15) is 91.0 Å². The van der Waals surface area contributed by atoms with E-state index in [-0.39, 0.29) is 11.3 Å². The van der Waals surface area contributed by atoms with Gasteiger partial charge in [0.25, 0.3) is 0 Å². The fraction of sp³-hybridized carbons (Fsp3) is 0.621. The van der Waals surface area contributed by atoms with Crippen LogP contribution in [0.5, 0.6) is 5.88 Å². The van der Waals surface area contributed by atoms with Crippen LogP contribution in [0, 0.1) is 18.2 Å². The molecule has 204 valence electrons. The van der Waals surface area contributed by atoms with Gasteiger partial charge in [0.2, 0.25) is 5.88 Å². The molecule has 0 aliphatic carbocycles. The van der Waals surface area contributed by atoms with Gasteiger partial charge in [-0.2, -0.15) is 0 Å². The monoisotopic (exact) mass is 515 g/mol. The lowest BCUT2D eigenvalue weighted by Crippen LogP contribution is -2.39. The number of hydrogen-bond acceptors (Lipinski definition) is 6. The van der Waals surface area contributed by atoms with Crippen molar-refractivity contribution in [3.63, 3.8) is 0 Å². The van der Waals surface area contributed by atoms with Crippen LogP contribution in [0.2, 0.25) is 0 Å². The number of nitrogens with zero attached hydrogens (tertiary/aromatic N) is 3. The molecule has 1 aliphatic heterocycles. The number of hydrogen-bond donors (Lipinski definition) is 1. The predicted octanol–water partition coefficient (Wildman–Crippen LogP) is 6.73. The van der Waals surface area contributed by atoms with E-state index in [9.17, 15) is 9.90 Å². The molecule has 0 unspecified atom stereocenters. The van der Waals surface area contributed by atoms with Gasteiger partial charge in [0.05, 0.1) is 17.9 Å². The second-order valence-electron chi connectivity index (χ2n) is 11.7. The van der Waals surface area contributed by atoms with Crippen LogP contribution < -0.4 is 9.64 Å². The normalized spacial score (nSPS) is 16.5. The van der Waals surface area contributed by atoms with Crippen molar-refractivity contribution in [2.24, 2.45) is 5.41 Å². The zero-order valence-corrected chi connectivity index (χ0v) is 23.4. The van der Waals surface area contributed by atoms with Crippen LogP contribution in [0.25, 0.3) is 11.1 Å². The molecule has 1 saturated heterocycles. The number of pyridine rings is 2. The van der Waals surface area contributed by atoms with Crippen molar-refractivity contribution >= 4 is 11.7 Å². The maximum atomic E-state index is 15.1. The summed E-state index contributed by atoms with van der Waals surface area (Å²) >= 11 is 0. The van der Waals surface area contributed by atoms with E-state index in [1.165, 1.54) is 6.07 Å². The van der Waals surface area contributed by atoms with Crippen LogP contribution in [0.3, 0.4) is 0 Å². The fourth-order valence-electron chi connectivity index (χ4n) is 4.60. The number of carbonyl (C=O) groups is 1. The largest absolute Gasteiger partial charge is 0.479 e. The third-order valence-electron chi connectivity index (χ3n) is 6.78. The smallest absolute Gasteiger partial charge is 0.337 e.